The molecular formula is C19H21FN2O3S. The van der Waals surface area contributed by atoms with E-state index in [1.165, 1.54) is 28.6 Å². The predicted molar refractivity (Wildman–Crippen MR) is 97.7 cm³/mol. The molecule has 1 atom stereocenters. The van der Waals surface area contributed by atoms with Gasteiger partial charge in [0, 0.05) is 18.8 Å². The minimum Gasteiger partial charge on any atom is -0.326 e. The fourth-order valence-electron chi connectivity index (χ4n) is 3.01. The van der Waals surface area contributed by atoms with Crippen LogP contribution in [0.15, 0.2) is 53.4 Å². The third-order valence-electron chi connectivity index (χ3n) is 4.53. The van der Waals surface area contributed by atoms with Gasteiger partial charge in [-0.3, -0.25) is 4.79 Å². The first-order valence-electron chi connectivity index (χ1n) is 8.49. The molecule has 2 aromatic rings. The number of aryl methyl sites for hydroxylation is 1. The number of amides is 1. The lowest BCUT2D eigenvalue weighted by atomic mass is 9.99. The zero-order valence-electron chi connectivity index (χ0n) is 14.5. The second-order valence-electron chi connectivity index (χ2n) is 6.51. The Morgan fingerprint density at radius 3 is 2.42 bits per heavy atom. The van der Waals surface area contributed by atoms with Crippen molar-refractivity contribution in [1.29, 1.82) is 0 Å². The lowest BCUT2D eigenvalue weighted by molar-refractivity contribution is -0.120. The SMILES string of the molecule is Cc1ccc(S(=O)(=O)N2CCC[C@@H](C(=O)Nc3ccc(F)cc3)C2)cc1. The Morgan fingerprint density at radius 2 is 1.77 bits per heavy atom. The van der Waals surface area contributed by atoms with Crippen LogP contribution in [-0.4, -0.2) is 31.7 Å². The van der Waals surface area contributed by atoms with Crippen molar-refractivity contribution in [3.63, 3.8) is 0 Å². The summed E-state index contributed by atoms with van der Waals surface area (Å²) in [6, 6.07) is 12.2. The highest BCUT2D eigenvalue weighted by Gasteiger charge is 2.33. The van der Waals surface area contributed by atoms with Crippen molar-refractivity contribution >= 4 is 21.6 Å². The maximum Gasteiger partial charge on any atom is 0.243 e. The number of carbonyl (C=O) groups excluding carboxylic acids is 1. The highest BCUT2D eigenvalue weighted by atomic mass is 32.2. The molecule has 1 fully saturated rings. The van der Waals surface area contributed by atoms with Crippen molar-refractivity contribution in [2.24, 2.45) is 5.92 Å². The number of nitrogens with one attached hydrogen (secondary N) is 1. The van der Waals surface area contributed by atoms with Crippen LogP contribution in [-0.2, 0) is 14.8 Å². The van der Waals surface area contributed by atoms with Crippen molar-refractivity contribution in [3.05, 3.63) is 59.9 Å². The molecule has 1 aliphatic heterocycles. The second kappa shape index (κ2) is 7.55. The van der Waals surface area contributed by atoms with Gasteiger partial charge >= 0.3 is 0 Å². The highest BCUT2D eigenvalue weighted by Crippen LogP contribution is 2.25. The van der Waals surface area contributed by atoms with Crippen LogP contribution < -0.4 is 5.32 Å². The molecule has 1 heterocycles. The second-order valence-corrected chi connectivity index (χ2v) is 8.45. The number of rotatable bonds is 4. The minimum atomic E-state index is -3.62. The van der Waals surface area contributed by atoms with E-state index in [2.05, 4.69) is 5.32 Å². The molecule has 7 heteroatoms. The van der Waals surface area contributed by atoms with E-state index >= 15 is 0 Å². The quantitative estimate of drug-likeness (QED) is 0.891. The number of carbonyl (C=O) groups is 1. The number of piperidine rings is 1. The van der Waals surface area contributed by atoms with E-state index in [4.69, 9.17) is 0 Å². The molecule has 0 spiro atoms. The van der Waals surface area contributed by atoms with Gasteiger partial charge in [-0.1, -0.05) is 17.7 Å². The lowest BCUT2D eigenvalue weighted by Crippen LogP contribution is -2.43. The summed E-state index contributed by atoms with van der Waals surface area (Å²) >= 11 is 0. The van der Waals surface area contributed by atoms with Crippen molar-refractivity contribution in [2.45, 2.75) is 24.7 Å². The number of sulfonamides is 1. The van der Waals surface area contributed by atoms with Crippen LogP contribution in [0.4, 0.5) is 10.1 Å². The number of halogens is 1. The Balaban J connectivity index is 1.71. The van der Waals surface area contributed by atoms with Crippen LogP contribution in [0.1, 0.15) is 18.4 Å². The molecule has 0 saturated carbocycles. The first-order valence-corrected chi connectivity index (χ1v) is 9.93. The molecule has 0 radical (unpaired) electrons. The first kappa shape index (κ1) is 18.5. The van der Waals surface area contributed by atoms with Crippen molar-refractivity contribution < 1.29 is 17.6 Å². The Bertz CT molecular complexity index is 880. The maximum atomic E-state index is 13.0. The summed E-state index contributed by atoms with van der Waals surface area (Å²) in [4.78, 5) is 12.7. The van der Waals surface area contributed by atoms with Gasteiger partial charge < -0.3 is 5.32 Å². The van der Waals surface area contributed by atoms with E-state index in [0.717, 1.165) is 5.56 Å². The molecule has 0 aromatic heterocycles. The van der Waals surface area contributed by atoms with E-state index in [9.17, 15) is 17.6 Å². The summed E-state index contributed by atoms with van der Waals surface area (Å²) in [5, 5.41) is 2.73. The Labute approximate surface area is 152 Å². The molecule has 0 aliphatic carbocycles. The molecule has 0 unspecified atom stereocenters. The van der Waals surface area contributed by atoms with Gasteiger partial charge in [0.15, 0.2) is 0 Å². The molecule has 138 valence electrons. The summed E-state index contributed by atoms with van der Waals surface area (Å²) in [5.41, 5.74) is 1.48. The zero-order chi connectivity index (χ0) is 18.7. The smallest absolute Gasteiger partial charge is 0.243 e. The van der Waals surface area contributed by atoms with Gasteiger partial charge in [0.05, 0.1) is 10.8 Å². The third kappa shape index (κ3) is 4.11. The minimum absolute atomic E-state index is 0.142. The Hall–Kier alpha value is -2.25. The summed E-state index contributed by atoms with van der Waals surface area (Å²) in [5.74, 6) is -1.06. The molecular weight excluding hydrogens is 355 g/mol. The largest absolute Gasteiger partial charge is 0.326 e. The van der Waals surface area contributed by atoms with Crippen LogP contribution in [0, 0.1) is 18.7 Å². The number of hydrogen-bond acceptors (Lipinski definition) is 3. The van der Waals surface area contributed by atoms with Gasteiger partial charge in [0.25, 0.3) is 0 Å². The highest BCUT2D eigenvalue weighted by molar-refractivity contribution is 7.89. The molecule has 1 N–H and O–H groups in total. The fourth-order valence-corrected chi connectivity index (χ4v) is 4.54. The Kier molecular flexibility index (Phi) is 5.38. The van der Waals surface area contributed by atoms with Gasteiger partial charge in [0.1, 0.15) is 5.82 Å². The molecule has 1 saturated heterocycles. The van der Waals surface area contributed by atoms with Crippen LogP contribution in [0.2, 0.25) is 0 Å². The number of hydrogen-bond donors (Lipinski definition) is 1. The molecule has 0 bridgehead atoms. The average molecular weight is 376 g/mol. The summed E-state index contributed by atoms with van der Waals surface area (Å²) < 4.78 is 40.0. The van der Waals surface area contributed by atoms with E-state index in [1.807, 2.05) is 6.92 Å². The van der Waals surface area contributed by atoms with Crippen LogP contribution in [0.5, 0.6) is 0 Å². The van der Waals surface area contributed by atoms with Gasteiger partial charge in [-0.2, -0.15) is 4.31 Å². The number of benzene rings is 2. The molecule has 1 aliphatic rings. The normalized spacial score (nSPS) is 18.5. The van der Waals surface area contributed by atoms with E-state index in [-0.39, 0.29) is 23.2 Å². The third-order valence-corrected chi connectivity index (χ3v) is 6.40. The van der Waals surface area contributed by atoms with Crippen LogP contribution in [0.3, 0.4) is 0 Å². The van der Waals surface area contributed by atoms with Crippen LogP contribution >= 0.6 is 0 Å². The summed E-state index contributed by atoms with van der Waals surface area (Å²) in [6.07, 6.45) is 1.24. The predicted octanol–water partition coefficient (Wildman–Crippen LogP) is 3.17. The number of nitrogens with zero attached hydrogens (tertiary/aromatic N) is 1. The van der Waals surface area contributed by atoms with Gasteiger partial charge in [-0.15, -0.1) is 0 Å². The van der Waals surface area contributed by atoms with Gasteiger partial charge in [-0.05, 0) is 56.2 Å². The Morgan fingerprint density at radius 1 is 1.12 bits per heavy atom. The standard InChI is InChI=1S/C19H21FN2O3S/c1-14-4-10-18(11-5-14)26(24,25)22-12-2-3-15(13-22)19(23)21-17-8-6-16(20)7-9-17/h4-11,15H,2-3,12-13H2,1H3,(H,21,23)/t15-/m1/s1. The van der Waals surface area contributed by atoms with E-state index < -0.39 is 15.9 Å². The van der Waals surface area contributed by atoms with Crippen molar-refractivity contribution in [1.82, 2.24) is 4.31 Å². The first-order chi connectivity index (χ1) is 12.4. The van der Waals surface area contributed by atoms with E-state index in [1.54, 1.807) is 24.3 Å². The molecule has 2 aromatic carbocycles. The van der Waals surface area contributed by atoms with Crippen LogP contribution in [0.25, 0.3) is 0 Å². The van der Waals surface area contributed by atoms with Crippen molar-refractivity contribution in [2.75, 3.05) is 18.4 Å². The molecule has 5 nitrogen and oxygen atoms in total. The summed E-state index contributed by atoms with van der Waals surface area (Å²) in [7, 11) is -3.62. The van der Waals surface area contributed by atoms with Gasteiger partial charge in [0.2, 0.25) is 15.9 Å². The number of anilines is 1. The summed E-state index contributed by atoms with van der Waals surface area (Å²) in [6.45, 7) is 2.44. The average Bonchev–Trinajstić information content (AvgIpc) is 2.64. The topological polar surface area (TPSA) is 66.5 Å². The monoisotopic (exact) mass is 376 g/mol. The zero-order valence-corrected chi connectivity index (χ0v) is 15.3. The van der Waals surface area contributed by atoms with E-state index in [0.29, 0.717) is 25.1 Å². The molecule has 3 rings (SSSR count). The lowest BCUT2D eigenvalue weighted by Gasteiger charge is -2.31. The van der Waals surface area contributed by atoms with Crippen molar-refractivity contribution in [3.8, 4) is 0 Å². The maximum absolute atomic E-state index is 13.0. The van der Waals surface area contributed by atoms with Gasteiger partial charge in [-0.25, -0.2) is 12.8 Å². The molecule has 1 amide bonds. The molecule has 26 heavy (non-hydrogen) atoms. The fraction of sp³-hybridized carbons (Fsp3) is 0.316.